The van der Waals surface area contributed by atoms with Crippen molar-refractivity contribution < 1.29 is 9.90 Å². The SMILES string of the molecule is CN(Cc1ccnc2ccccc12)C[C@]1(O)CCCN(CC2CC2)C1=O. The van der Waals surface area contributed by atoms with Crippen LogP contribution in [0.1, 0.15) is 31.2 Å². The predicted octanol–water partition coefficient (Wildman–Crippen LogP) is 2.43. The molecule has 2 fully saturated rings. The molecular formula is C21H27N3O2. The normalized spacial score (nSPS) is 23.8. The van der Waals surface area contributed by atoms with Crippen LogP contribution in [0.2, 0.25) is 0 Å². The second-order valence-corrected chi connectivity index (χ2v) is 7.99. The maximum atomic E-state index is 12.9. The van der Waals surface area contributed by atoms with Crippen LogP contribution in [0, 0.1) is 5.92 Å². The molecule has 1 saturated heterocycles. The van der Waals surface area contributed by atoms with Gasteiger partial charge in [0.25, 0.3) is 5.91 Å². The molecule has 5 nitrogen and oxygen atoms in total. The Morgan fingerprint density at radius 2 is 2.12 bits per heavy atom. The van der Waals surface area contributed by atoms with Gasteiger partial charge in [-0.3, -0.25) is 14.7 Å². The average Bonchev–Trinajstić information content (AvgIpc) is 3.43. The van der Waals surface area contributed by atoms with Crippen molar-refractivity contribution in [1.29, 1.82) is 0 Å². The molecule has 1 aliphatic carbocycles. The fraction of sp³-hybridized carbons (Fsp3) is 0.524. The third kappa shape index (κ3) is 3.60. The Labute approximate surface area is 154 Å². The number of likely N-dealkylation sites (tertiary alicyclic amines) is 1. The van der Waals surface area contributed by atoms with Gasteiger partial charge < -0.3 is 10.0 Å². The first-order chi connectivity index (χ1) is 12.5. The van der Waals surface area contributed by atoms with Crippen LogP contribution in [0.5, 0.6) is 0 Å². The summed E-state index contributed by atoms with van der Waals surface area (Å²) in [6, 6.07) is 10.1. The first-order valence-electron chi connectivity index (χ1n) is 9.58. The first-order valence-corrected chi connectivity index (χ1v) is 9.58. The molecule has 138 valence electrons. The average molecular weight is 353 g/mol. The molecule has 1 amide bonds. The summed E-state index contributed by atoms with van der Waals surface area (Å²) in [5.41, 5.74) is 0.881. The Hall–Kier alpha value is -1.98. The number of benzene rings is 1. The summed E-state index contributed by atoms with van der Waals surface area (Å²) in [5, 5.41) is 12.2. The summed E-state index contributed by atoms with van der Waals surface area (Å²) in [5.74, 6) is 0.573. The second-order valence-electron chi connectivity index (χ2n) is 7.99. The van der Waals surface area contributed by atoms with Crippen molar-refractivity contribution in [2.75, 3.05) is 26.7 Å². The molecule has 2 heterocycles. The lowest BCUT2D eigenvalue weighted by atomic mass is 9.90. The zero-order valence-electron chi connectivity index (χ0n) is 15.4. The van der Waals surface area contributed by atoms with Gasteiger partial charge in [-0.1, -0.05) is 18.2 Å². The lowest BCUT2D eigenvalue weighted by molar-refractivity contribution is -0.159. The van der Waals surface area contributed by atoms with Crippen molar-refractivity contribution in [2.24, 2.45) is 5.92 Å². The van der Waals surface area contributed by atoms with Crippen LogP contribution in [0.4, 0.5) is 0 Å². The smallest absolute Gasteiger partial charge is 0.255 e. The number of likely N-dealkylation sites (N-methyl/N-ethyl adjacent to an activating group) is 1. The number of carbonyl (C=O) groups excluding carboxylic acids is 1. The maximum absolute atomic E-state index is 12.9. The first kappa shape index (κ1) is 17.4. The summed E-state index contributed by atoms with van der Waals surface area (Å²) in [6.45, 7) is 2.65. The summed E-state index contributed by atoms with van der Waals surface area (Å²) in [6.07, 6.45) is 5.69. The van der Waals surface area contributed by atoms with Crippen LogP contribution in [-0.4, -0.2) is 58.1 Å². The molecule has 0 spiro atoms. The number of aromatic nitrogens is 1. The van der Waals surface area contributed by atoms with E-state index in [0.717, 1.165) is 30.4 Å². The minimum atomic E-state index is -1.26. The highest BCUT2D eigenvalue weighted by Gasteiger charge is 2.44. The molecule has 1 atom stereocenters. The van der Waals surface area contributed by atoms with Crippen LogP contribution in [0.15, 0.2) is 36.5 Å². The van der Waals surface area contributed by atoms with Gasteiger partial charge in [0.05, 0.1) is 5.52 Å². The molecule has 1 aromatic heterocycles. The van der Waals surface area contributed by atoms with E-state index in [1.165, 1.54) is 18.4 Å². The number of carbonyl (C=O) groups is 1. The topological polar surface area (TPSA) is 56.7 Å². The Morgan fingerprint density at radius 3 is 2.92 bits per heavy atom. The Balaban J connectivity index is 1.46. The maximum Gasteiger partial charge on any atom is 0.255 e. The van der Waals surface area contributed by atoms with E-state index in [1.54, 1.807) is 0 Å². The van der Waals surface area contributed by atoms with Crippen LogP contribution in [0.3, 0.4) is 0 Å². The zero-order chi connectivity index (χ0) is 18.1. The largest absolute Gasteiger partial charge is 0.379 e. The Bertz CT molecular complexity index is 799. The monoisotopic (exact) mass is 353 g/mol. The molecule has 2 aromatic rings. The summed E-state index contributed by atoms with van der Waals surface area (Å²) in [4.78, 5) is 21.2. The number of pyridine rings is 1. The molecule has 26 heavy (non-hydrogen) atoms. The van der Waals surface area contributed by atoms with Gasteiger partial charge in [-0.15, -0.1) is 0 Å². The lowest BCUT2D eigenvalue weighted by Crippen LogP contribution is -2.58. The van der Waals surface area contributed by atoms with E-state index in [-0.39, 0.29) is 5.91 Å². The number of hydrogen-bond acceptors (Lipinski definition) is 4. The molecule has 2 aliphatic rings. The molecule has 1 N–H and O–H groups in total. The number of amides is 1. The molecule has 0 radical (unpaired) electrons. The van der Waals surface area contributed by atoms with Gasteiger partial charge in [-0.05, 0) is 56.3 Å². The number of fused-ring (bicyclic) bond motifs is 1. The minimum absolute atomic E-state index is 0.0814. The van der Waals surface area contributed by atoms with Crippen molar-refractivity contribution in [3.05, 3.63) is 42.1 Å². The third-order valence-electron chi connectivity index (χ3n) is 5.59. The standard InChI is InChI=1S/C21H27N3O2/c1-23(14-17-9-11-22-19-6-3-2-5-18(17)19)15-21(26)10-4-12-24(20(21)25)13-16-7-8-16/h2-3,5-6,9,11,16,26H,4,7-8,10,12-15H2,1H3/t21-/m1/s1. The lowest BCUT2D eigenvalue weighted by Gasteiger charge is -2.40. The second kappa shape index (κ2) is 6.97. The fourth-order valence-corrected chi connectivity index (χ4v) is 4.08. The molecule has 1 aromatic carbocycles. The highest BCUT2D eigenvalue weighted by molar-refractivity contribution is 5.86. The number of rotatable bonds is 6. The number of piperidine rings is 1. The van der Waals surface area contributed by atoms with Gasteiger partial charge in [0.15, 0.2) is 5.60 Å². The minimum Gasteiger partial charge on any atom is -0.379 e. The number of aliphatic hydroxyl groups is 1. The van der Waals surface area contributed by atoms with E-state index in [2.05, 4.69) is 16.0 Å². The van der Waals surface area contributed by atoms with Crippen LogP contribution >= 0.6 is 0 Å². The number of hydrogen-bond donors (Lipinski definition) is 1. The van der Waals surface area contributed by atoms with E-state index < -0.39 is 5.60 Å². The van der Waals surface area contributed by atoms with E-state index in [4.69, 9.17) is 0 Å². The van der Waals surface area contributed by atoms with Crippen molar-refractivity contribution in [2.45, 2.75) is 37.8 Å². The number of nitrogens with zero attached hydrogens (tertiary/aromatic N) is 3. The van der Waals surface area contributed by atoms with E-state index in [9.17, 15) is 9.90 Å². The van der Waals surface area contributed by atoms with Gasteiger partial charge in [0.2, 0.25) is 0 Å². The third-order valence-corrected chi connectivity index (χ3v) is 5.59. The predicted molar refractivity (Wildman–Crippen MR) is 102 cm³/mol. The molecule has 4 rings (SSSR count). The van der Waals surface area contributed by atoms with Gasteiger partial charge in [0, 0.05) is 37.8 Å². The van der Waals surface area contributed by atoms with Gasteiger partial charge in [-0.25, -0.2) is 0 Å². The molecular weight excluding hydrogens is 326 g/mol. The summed E-state index contributed by atoms with van der Waals surface area (Å²) in [7, 11) is 1.97. The van der Waals surface area contributed by atoms with Crippen LogP contribution in [-0.2, 0) is 11.3 Å². The molecule has 0 bridgehead atoms. The number of para-hydroxylation sites is 1. The van der Waals surface area contributed by atoms with Crippen LogP contribution in [0.25, 0.3) is 10.9 Å². The Morgan fingerprint density at radius 1 is 1.31 bits per heavy atom. The summed E-state index contributed by atoms with van der Waals surface area (Å²) >= 11 is 0. The van der Waals surface area contributed by atoms with Crippen molar-refractivity contribution >= 4 is 16.8 Å². The molecule has 0 unspecified atom stereocenters. The zero-order valence-corrected chi connectivity index (χ0v) is 15.4. The van der Waals surface area contributed by atoms with Crippen LogP contribution < -0.4 is 0 Å². The highest BCUT2D eigenvalue weighted by atomic mass is 16.3. The fourth-order valence-electron chi connectivity index (χ4n) is 4.08. The van der Waals surface area contributed by atoms with Gasteiger partial charge in [-0.2, -0.15) is 0 Å². The quantitative estimate of drug-likeness (QED) is 0.867. The summed E-state index contributed by atoms with van der Waals surface area (Å²) < 4.78 is 0. The van der Waals surface area contributed by atoms with Crippen molar-refractivity contribution in [1.82, 2.24) is 14.8 Å². The van der Waals surface area contributed by atoms with Gasteiger partial charge in [0.1, 0.15) is 0 Å². The molecule has 1 saturated carbocycles. The van der Waals surface area contributed by atoms with Crippen molar-refractivity contribution in [3.63, 3.8) is 0 Å². The molecule has 5 heteroatoms. The van der Waals surface area contributed by atoms with E-state index in [0.29, 0.717) is 25.4 Å². The van der Waals surface area contributed by atoms with E-state index >= 15 is 0 Å². The van der Waals surface area contributed by atoms with Crippen molar-refractivity contribution in [3.8, 4) is 0 Å². The van der Waals surface area contributed by atoms with Gasteiger partial charge >= 0.3 is 0 Å². The highest BCUT2D eigenvalue weighted by Crippen LogP contribution is 2.33. The van der Waals surface area contributed by atoms with E-state index in [1.807, 2.05) is 42.4 Å². The Kier molecular flexibility index (Phi) is 4.67. The molecule has 1 aliphatic heterocycles.